The average molecular weight is 662 g/mol. The molecule has 1 heterocycles. The highest BCUT2D eigenvalue weighted by Crippen LogP contribution is 2.79. The first-order chi connectivity index (χ1) is 22.4. The molecule has 6 aliphatic rings. The fraction of sp³-hybridized carbons (Fsp3) is 0.765. The number of fused-ring (bicyclic) bond motifs is 2. The van der Waals surface area contributed by atoms with E-state index in [9.17, 15) is 24.9 Å². The summed E-state index contributed by atoms with van der Waals surface area (Å²) in [6.45, 7) is 4.23. The molecule has 5 saturated carbocycles. The lowest BCUT2D eigenvalue weighted by atomic mass is 9.44. The molecule has 6 fully saturated rings. The van der Waals surface area contributed by atoms with Crippen molar-refractivity contribution >= 4 is 11.9 Å². The minimum atomic E-state index is -1.87. The van der Waals surface area contributed by atoms with Gasteiger partial charge in [-0.05, 0) is 43.1 Å². The van der Waals surface area contributed by atoms with Crippen LogP contribution in [-0.4, -0.2) is 140 Å². The van der Waals surface area contributed by atoms with Crippen LogP contribution in [0.15, 0.2) is 24.3 Å². The molecule has 13 nitrogen and oxygen atoms in total. The van der Waals surface area contributed by atoms with E-state index < -0.39 is 94.5 Å². The Bertz CT molecular complexity index is 1410. The molecule has 0 radical (unpaired) electrons. The van der Waals surface area contributed by atoms with Crippen LogP contribution in [0, 0.1) is 29.1 Å². The fourth-order valence-corrected chi connectivity index (χ4v) is 12.1. The van der Waals surface area contributed by atoms with Crippen LogP contribution < -0.4 is 4.74 Å². The normalized spacial score (nSPS) is 49.0. The molecular formula is C34H47NO12. The average Bonchev–Trinajstić information content (AvgIpc) is 3.43. The first-order valence-electron chi connectivity index (χ1n) is 16.4. The second kappa shape index (κ2) is 11.1. The number of nitrogens with zero attached hydrogens (tertiary/aromatic N) is 1. The zero-order chi connectivity index (χ0) is 33.8. The van der Waals surface area contributed by atoms with E-state index in [1.54, 1.807) is 45.6 Å². The molecule has 47 heavy (non-hydrogen) atoms. The number of hydrogen-bond donors (Lipinski definition) is 3. The van der Waals surface area contributed by atoms with Gasteiger partial charge in [0.1, 0.15) is 35.3 Å². The molecule has 1 saturated heterocycles. The van der Waals surface area contributed by atoms with Crippen LogP contribution in [-0.2, 0) is 33.2 Å². The van der Waals surface area contributed by atoms with E-state index in [2.05, 4.69) is 4.90 Å². The number of rotatable bonds is 9. The lowest BCUT2D eigenvalue weighted by Crippen LogP contribution is -2.82. The van der Waals surface area contributed by atoms with Gasteiger partial charge in [0.15, 0.2) is 5.60 Å². The van der Waals surface area contributed by atoms with E-state index in [1.165, 1.54) is 21.1 Å². The zero-order valence-corrected chi connectivity index (χ0v) is 28.0. The number of aliphatic hydroxyl groups is 3. The summed E-state index contributed by atoms with van der Waals surface area (Å²) < 4.78 is 43.0. The largest absolute Gasteiger partial charge is 0.497 e. The third-order valence-corrected chi connectivity index (χ3v) is 13.2. The summed E-state index contributed by atoms with van der Waals surface area (Å²) in [4.78, 5) is 29.3. The van der Waals surface area contributed by atoms with Crippen molar-refractivity contribution in [3.05, 3.63) is 29.8 Å². The van der Waals surface area contributed by atoms with Crippen molar-refractivity contribution in [1.82, 2.24) is 4.90 Å². The van der Waals surface area contributed by atoms with Crippen LogP contribution in [0.4, 0.5) is 0 Å². The van der Waals surface area contributed by atoms with Gasteiger partial charge in [-0.2, -0.15) is 0 Å². The highest BCUT2D eigenvalue weighted by Gasteiger charge is 2.92. The Morgan fingerprint density at radius 2 is 1.68 bits per heavy atom. The highest BCUT2D eigenvalue weighted by atomic mass is 16.6. The maximum absolute atomic E-state index is 13.9. The minimum Gasteiger partial charge on any atom is -0.497 e. The molecule has 1 spiro atoms. The Morgan fingerprint density at radius 3 is 2.23 bits per heavy atom. The number of aliphatic hydroxyl groups excluding tert-OH is 2. The number of methoxy groups -OCH3 is 5. The molecule has 0 aromatic heterocycles. The quantitative estimate of drug-likeness (QED) is 0.312. The van der Waals surface area contributed by atoms with Gasteiger partial charge in [0.25, 0.3) is 0 Å². The highest BCUT2D eigenvalue weighted by molar-refractivity contribution is 5.89. The molecule has 3 N–H and O–H groups in total. The molecule has 13 heteroatoms. The van der Waals surface area contributed by atoms with Gasteiger partial charge in [0.2, 0.25) is 0 Å². The number of esters is 2. The van der Waals surface area contributed by atoms with Crippen LogP contribution >= 0.6 is 0 Å². The van der Waals surface area contributed by atoms with Crippen LogP contribution in [0.3, 0.4) is 0 Å². The predicted molar refractivity (Wildman–Crippen MR) is 162 cm³/mol. The Hall–Kier alpha value is -2.36. The maximum atomic E-state index is 13.9. The third-order valence-electron chi connectivity index (χ3n) is 13.2. The molecule has 1 aliphatic heterocycles. The summed E-state index contributed by atoms with van der Waals surface area (Å²) in [6.07, 6.45) is -5.91. The van der Waals surface area contributed by atoms with Gasteiger partial charge < -0.3 is 48.5 Å². The summed E-state index contributed by atoms with van der Waals surface area (Å²) in [5.74, 6) is -3.41. The number of piperidine rings is 1. The fourth-order valence-electron chi connectivity index (χ4n) is 12.1. The molecule has 6 unspecified atom stereocenters. The number of carbonyl (C=O) groups excluding carboxylic acids is 2. The second-order valence-electron chi connectivity index (χ2n) is 14.3. The monoisotopic (exact) mass is 661 g/mol. The summed E-state index contributed by atoms with van der Waals surface area (Å²) in [6, 6.07) is 6.05. The van der Waals surface area contributed by atoms with Crippen LogP contribution in [0.25, 0.3) is 0 Å². The van der Waals surface area contributed by atoms with E-state index in [0.717, 1.165) is 0 Å². The summed E-state index contributed by atoms with van der Waals surface area (Å²) >= 11 is 0. The predicted octanol–water partition coefficient (Wildman–Crippen LogP) is 0.409. The van der Waals surface area contributed by atoms with Crippen molar-refractivity contribution in [2.45, 2.75) is 86.2 Å². The third kappa shape index (κ3) is 3.77. The summed E-state index contributed by atoms with van der Waals surface area (Å²) in [5, 5.41) is 37.1. The maximum Gasteiger partial charge on any atom is 0.338 e. The van der Waals surface area contributed by atoms with Crippen molar-refractivity contribution in [1.29, 1.82) is 0 Å². The van der Waals surface area contributed by atoms with Gasteiger partial charge in [-0.3, -0.25) is 9.69 Å². The van der Waals surface area contributed by atoms with Crippen molar-refractivity contribution in [3.63, 3.8) is 0 Å². The van der Waals surface area contributed by atoms with Crippen LogP contribution in [0.1, 0.15) is 37.0 Å². The second-order valence-corrected chi connectivity index (χ2v) is 14.3. The molecule has 260 valence electrons. The Kier molecular flexibility index (Phi) is 7.81. The summed E-state index contributed by atoms with van der Waals surface area (Å²) in [7, 11) is 7.70. The lowest BCUT2D eigenvalue weighted by Gasteiger charge is -2.69. The topological polar surface area (TPSA) is 163 Å². The number of benzene rings is 1. The number of carbonyl (C=O) groups is 2. The molecule has 7 bridgehead atoms. The van der Waals surface area contributed by atoms with Gasteiger partial charge in [-0.25, -0.2) is 4.79 Å². The Balaban J connectivity index is 1.50. The SMILES string of the molecule is CCN1C[C@@]2(OC)C3[C@@H](OC)C4C1C3(C1C[C@@]3(O)[C@H](OC(=O)c5ccc(OC)cc5)C1[C@]4(OC(C)=O)[C@@H](O)[C@@H]3OC)[C@@H](OC)C[C@H]2O. The number of ether oxygens (including phenoxy) is 7. The standard InChI is InChI=1S/C34H47NO12/c1-8-35-15-32(45-7)20(37)13-21(42-4)33-19-14-31(40)28(46-30(39)17-9-11-18(41-3)12-10-17)22(19)34(47-16(2)36,27(38)29(31)44-6)23(26(33)35)24(43-5)25(32)33/h9-12,19-29,37-38,40H,8,13-15H2,1-7H3/t19?,20-,21+,22?,23?,24+,25?,26?,27+,28-,29+,31-,32+,33?,34-/m1/s1. The molecule has 0 amide bonds. The minimum absolute atomic E-state index is 0.0419. The molecular weight excluding hydrogens is 614 g/mol. The van der Waals surface area contributed by atoms with E-state index in [4.69, 9.17) is 33.2 Å². The van der Waals surface area contributed by atoms with Crippen LogP contribution in [0.5, 0.6) is 5.75 Å². The smallest absolute Gasteiger partial charge is 0.338 e. The molecule has 1 aromatic rings. The van der Waals surface area contributed by atoms with Gasteiger partial charge in [0, 0.05) is 77.5 Å². The van der Waals surface area contributed by atoms with Gasteiger partial charge in [-0.1, -0.05) is 6.92 Å². The van der Waals surface area contributed by atoms with Gasteiger partial charge in [-0.15, -0.1) is 0 Å². The van der Waals surface area contributed by atoms with Crippen molar-refractivity contribution in [3.8, 4) is 5.75 Å². The van der Waals surface area contributed by atoms with Crippen molar-refractivity contribution < 1.29 is 58.1 Å². The molecule has 15 atom stereocenters. The van der Waals surface area contributed by atoms with E-state index >= 15 is 0 Å². The van der Waals surface area contributed by atoms with Gasteiger partial charge >= 0.3 is 11.9 Å². The lowest BCUT2D eigenvalue weighted by molar-refractivity contribution is -0.328. The molecule has 5 aliphatic carbocycles. The van der Waals surface area contributed by atoms with E-state index in [1.807, 2.05) is 6.92 Å². The Morgan fingerprint density at radius 1 is 0.979 bits per heavy atom. The van der Waals surface area contributed by atoms with Gasteiger partial charge in [0.05, 0.1) is 31.0 Å². The molecule has 7 rings (SSSR count). The molecule has 1 aromatic carbocycles. The van der Waals surface area contributed by atoms with Crippen molar-refractivity contribution in [2.24, 2.45) is 29.1 Å². The zero-order valence-electron chi connectivity index (χ0n) is 28.0. The van der Waals surface area contributed by atoms with Crippen LogP contribution in [0.2, 0.25) is 0 Å². The Labute approximate surface area is 274 Å². The van der Waals surface area contributed by atoms with E-state index in [-0.39, 0.29) is 24.4 Å². The van der Waals surface area contributed by atoms with E-state index in [0.29, 0.717) is 18.8 Å². The first-order valence-corrected chi connectivity index (χ1v) is 16.4. The summed E-state index contributed by atoms with van der Waals surface area (Å²) in [5.41, 5.74) is -5.30. The number of hydrogen-bond acceptors (Lipinski definition) is 13. The van der Waals surface area contributed by atoms with Crippen molar-refractivity contribution in [2.75, 3.05) is 48.6 Å². The number of likely N-dealkylation sites (N-methyl/N-ethyl adjacent to an activating group) is 1. The first kappa shape index (κ1) is 33.2. The number of likely N-dealkylation sites (tertiary alicyclic amines) is 1.